The maximum atomic E-state index is 12.6. The molecule has 144 valence electrons. The summed E-state index contributed by atoms with van der Waals surface area (Å²) in [4.78, 5) is 25.0. The SMILES string of the molecule is CCCCCCCC[C@H]1OC(=O)[C@@H]([S+](C)c2ccccc2)[C@@H]1CC(=O)O. The minimum atomic E-state index is -0.851. The van der Waals surface area contributed by atoms with Crippen LogP contribution in [0.4, 0.5) is 0 Å². The van der Waals surface area contributed by atoms with E-state index in [0.717, 1.165) is 24.2 Å². The molecule has 1 aromatic carbocycles. The lowest BCUT2D eigenvalue weighted by Crippen LogP contribution is -2.34. The Balaban J connectivity index is 2.00. The molecule has 0 bridgehead atoms. The molecule has 1 unspecified atom stereocenters. The molecular formula is C21H31O4S+. The molecule has 1 aromatic rings. The number of carbonyl (C=O) groups excluding carboxylic acids is 1. The minimum Gasteiger partial charge on any atom is -0.481 e. The van der Waals surface area contributed by atoms with Crippen molar-refractivity contribution < 1.29 is 19.4 Å². The van der Waals surface area contributed by atoms with E-state index in [1.54, 1.807) is 0 Å². The molecule has 26 heavy (non-hydrogen) atoms. The zero-order valence-electron chi connectivity index (χ0n) is 15.9. The smallest absolute Gasteiger partial charge is 0.360 e. The number of esters is 1. The van der Waals surface area contributed by atoms with E-state index in [1.165, 1.54) is 25.7 Å². The average molecular weight is 380 g/mol. The number of hydrogen-bond donors (Lipinski definition) is 1. The number of benzene rings is 1. The predicted octanol–water partition coefficient (Wildman–Crippen LogP) is 4.43. The van der Waals surface area contributed by atoms with E-state index in [0.29, 0.717) is 0 Å². The summed E-state index contributed by atoms with van der Waals surface area (Å²) in [6.45, 7) is 2.20. The zero-order valence-corrected chi connectivity index (χ0v) is 16.7. The van der Waals surface area contributed by atoms with Gasteiger partial charge < -0.3 is 9.84 Å². The lowest BCUT2D eigenvalue weighted by Gasteiger charge is -2.18. The first kappa shape index (κ1) is 20.8. The Hall–Kier alpha value is -1.49. The van der Waals surface area contributed by atoms with Crippen LogP contribution in [0.1, 0.15) is 58.3 Å². The Labute approximate surface area is 159 Å². The summed E-state index contributed by atoms with van der Waals surface area (Å²) >= 11 is 0. The molecule has 4 nitrogen and oxygen atoms in total. The summed E-state index contributed by atoms with van der Waals surface area (Å²) < 4.78 is 5.66. The summed E-state index contributed by atoms with van der Waals surface area (Å²) in [7, 11) is -0.356. The van der Waals surface area contributed by atoms with Gasteiger partial charge >= 0.3 is 11.9 Å². The second kappa shape index (κ2) is 10.6. The number of rotatable bonds is 11. The van der Waals surface area contributed by atoms with Crippen molar-refractivity contribution >= 4 is 22.8 Å². The Morgan fingerprint density at radius 3 is 2.42 bits per heavy atom. The van der Waals surface area contributed by atoms with Crippen LogP contribution in [-0.2, 0) is 25.2 Å². The first-order valence-electron chi connectivity index (χ1n) is 9.66. The van der Waals surface area contributed by atoms with E-state index in [4.69, 9.17) is 4.74 Å². The number of unbranched alkanes of at least 4 members (excludes halogenated alkanes) is 5. The second-order valence-electron chi connectivity index (χ2n) is 7.08. The number of hydrogen-bond acceptors (Lipinski definition) is 3. The van der Waals surface area contributed by atoms with Crippen LogP contribution in [0.5, 0.6) is 0 Å². The van der Waals surface area contributed by atoms with Crippen LogP contribution < -0.4 is 0 Å². The molecule has 0 aliphatic carbocycles. The Morgan fingerprint density at radius 1 is 1.12 bits per heavy atom. The van der Waals surface area contributed by atoms with Gasteiger partial charge in [-0.25, -0.2) is 4.79 Å². The number of ether oxygens (including phenoxy) is 1. The Morgan fingerprint density at radius 2 is 1.77 bits per heavy atom. The van der Waals surface area contributed by atoms with Crippen LogP contribution in [0.15, 0.2) is 35.2 Å². The van der Waals surface area contributed by atoms with E-state index in [1.807, 2.05) is 36.6 Å². The maximum absolute atomic E-state index is 12.6. The molecular weight excluding hydrogens is 348 g/mol. The van der Waals surface area contributed by atoms with E-state index in [9.17, 15) is 14.7 Å². The number of carboxylic acid groups (broad SMARTS) is 1. The molecule has 0 amide bonds. The predicted molar refractivity (Wildman–Crippen MR) is 105 cm³/mol. The summed E-state index contributed by atoms with van der Waals surface area (Å²) in [5.74, 6) is -1.30. The van der Waals surface area contributed by atoms with E-state index >= 15 is 0 Å². The molecule has 2 rings (SSSR count). The number of carboxylic acids is 1. The van der Waals surface area contributed by atoms with Crippen LogP contribution in [0.25, 0.3) is 0 Å². The number of cyclic esters (lactones) is 1. The van der Waals surface area contributed by atoms with E-state index < -0.39 is 5.97 Å². The summed E-state index contributed by atoms with van der Waals surface area (Å²) in [5, 5.41) is 9.00. The highest BCUT2D eigenvalue weighted by molar-refractivity contribution is 7.97. The minimum absolute atomic E-state index is 0.00107. The lowest BCUT2D eigenvalue weighted by molar-refractivity contribution is -0.142. The van der Waals surface area contributed by atoms with Crippen molar-refractivity contribution in [2.45, 2.75) is 74.5 Å². The van der Waals surface area contributed by atoms with Gasteiger partial charge in [0.2, 0.25) is 5.25 Å². The molecule has 1 aliphatic rings. The monoisotopic (exact) mass is 379 g/mol. The molecule has 0 radical (unpaired) electrons. The standard InChI is InChI=1S/C21H30O4S/c1-3-4-5-6-7-11-14-18-17(15-19(22)23)20(21(24)25-18)26(2)16-12-9-8-10-13-16/h8-10,12-13,17-18,20H,3-7,11,14-15H2,1-2H3/p+1/t17-,18-,20+,26?/m1/s1. The fraction of sp³-hybridized carbons (Fsp3) is 0.619. The van der Waals surface area contributed by atoms with E-state index in [2.05, 4.69) is 6.92 Å². The molecule has 4 atom stereocenters. The van der Waals surface area contributed by atoms with Gasteiger partial charge in [-0.2, -0.15) is 0 Å². The zero-order chi connectivity index (χ0) is 18.9. The van der Waals surface area contributed by atoms with Gasteiger partial charge in [-0.1, -0.05) is 57.2 Å². The van der Waals surface area contributed by atoms with Gasteiger partial charge in [-0.3, -0.25) is 4.79 Å². The van der Waals surface area contributed by atoms with Crippen molar-refractivity contribution in [3.8, 4) is 0 Å². The molecule has 0 saturated carbocycles. The second-order valence-corrected chi connectivity index (χ2v) is 9.18. The average Bonchev–Trinajstić information content (AvgIpc) is 2.92. The number of carbonyl (C=O) groups is 2. The third-order valence-corrected chi connectivity index (χ3v) is 7.43. The summed E-state index contributed by atoms with van der Waals surface area (Å²) in [6.07, 6.45) is 9.59. The van der Waals surface area contributed by atoms with Crippen LogP contribution in [0.3, 0.4) is 0 Å². The van der Waals surface area contributed by atoms with Crippen molar-refractivity contribution in [1.29, 1.82) is 0 Å². The van der Waals surface area contributed by atoms with Gasteiger partial charge in [-0.05, 0) is 25.0 Å². The molecule has 0 spiro atoms. The normalized spacial score (nSPS) is 23.6. The molecule has 1 heterocycles. The molecule has 0 aromatic heterocycles. The first-order valence-corrected chi connectivity index (χ1v) is 11.4. The van der Waals surface area contributed by atoms with Crippen molar-refractivity contribution in [1.82, 2.24) is 0 Å². The molecule has 1 aliphatic heterocycles. The molecule has 5 heteroatoms. The fourth-order valence-electron chi connectivity index (χ4n) is 3.70. The maximum Gasteiger partial charge on any atom is 0.360 e. The van der Waals surface area contributed by atoms with Crippen LogP contribution in [-0.4, -0.2) is 34.7 Å². The summed E-state index contributed by atoms with van der Waals surface area (Å²) in [6, 6.07) is 9.88. The topological polar surface area (TPSA) is 63.6 Å². The summed E-state index contributed by atoms with van der Waals surface area (Å²) in [5.41, 5.74) is 0. The van der Waals surface area contributed by atoms with Crippen molar-refractivity contribution in [2.75, 3.05) is 6.26 Å². The third kappa shape index (κ3) is 5.76. The third-order valence-electron chi connectivity index (χ3n) is 5.11. The Bertz CT molecular complexity index is 575. The van der Waals surface area contributed by atoms with Gasteiger partial charge in [0, 0.05) is 10.9 Å². The van der Waals surface area contributed by atoms with Crippen LogP contribution in [0.2, 0.25) is 0 Å². The highest BCUT2D eigenvalue weighted by Crippen LogP contribution is 2.36. The van der Waals surface area contributed by atoms with Gasteiger partial charge in [0.25, 0.3) is 0 Å². The molecule has 1 saturated heterocycles. The quantitative estimate of drug-likeness (QED) is 0.351. The van der Waals surface area contributed by atoms with Crippen molar-refractivity contribution in [3.05, 3.63) is 30.3 Å². The fourth-order valence-corrected chi connectivity index (χ4v) is 5.72. The molecule has 1 fully saturated rings. The van der Waals surface area contributed by atoms with Gasteiger partial charge in [-0.15, -0.1) is 0 Å². The van der Waals surface area contributed by atoms with Gasteiger partial charge in [0.1, 0.15) is 12.4 Å². The van der Waals surface area contributed by atoms with Gasteiger partial charge in [0.05, 0.1) is 12.3 Å². The molecule has 1 N–H and O–H groups in total. The van der Waals surface area contributed by atoms with Crippen LogP contribution >= 0.6 is 0 Å². The van der Waals surface area contributed by atoms with Crippen LogP contribution in [0, 0.1) is 5.92 Å². The first-order chi connectivity index (χ1) is 12.5. The lowest BCUT2D eigenvalue weighted by atomic mass is 9.93. The van der Waals surface area contributed by atoms with Crippen molar-refractivity contribution in [2.24, 2.45) is 5.92 Å². The highest BCUT2D eigenvalue weighted by atomic mass is 32.2. The number of aliphatic carboxylic acids is 1. The van der Waals surface area contributed by atoms with E-state index in [-0.39, 0.29) is 40.6 Å². The highest BCUT2D eigenvalue weighted by Gasteiger charge is 2.54. The Kier molecular flexibility index (Phi) is 8.49. The largest absolute Gasteiger partial charge is 0.481 e. The van der Waals surface area contributed by atoms with Gasteiger partial charge in [0.15, 0.2) is 4.90 Å². The van der Waals surface area contributed by atoms with Crippen molar-refractivity contribution in [3.63, 3.8) is 0 Å².